The molecule has 7 nitrogen and oxygen atoms in total. The van der Waals surface area contributed by atoms with Crippen LogP contribution in [-0.4, -0.2) is 19.9 Å². The molecule has 0 saturated heterocycles. The summed E-state index contributed by atoms with van der Waals surface area (Å²) in [5.41, 5.74) is 6.94. The zero-order valence-electron chi connectivity index (χ0n) is 9.66. The second kappa shape index (κ2) is 4.27. The van der Waals surface area contributed by atoms with Gasteiger partial charge in [0, 0.05) is 0 Å². The van der Waals surface area contributed by atoms with E-state index in [1.165, 1.54) is 6.33 Å². The Morgan fingerprint density at radius 2 is 2.11 bits per heavy atom. The highest BCUT2D eigenvalue weighted by molar-refractivity contribution is 5.77. The van der Waals surface area contributed by atoms with Crippen molar-refractivity contribution in [2.24, 2.45) is 0 Å². The number of anilines is 1. The van der Waals surface area contributed by atoms with E-state index in [0.29, 0.717) is 22.5 Å². The van der Waals surface area contributed by atoms with Gasteiger partial charge in [-0.25, -0.2) is 4.98 Å². The maximum atomic E-state index is 9.02. The van der Waals surface area contributed by atoms with Crippen molar-refractivity contribution in [2.45, 2.75) is 0 Å². The molecule has 2 heterocycles. The minimum Gasteiger partial charge on any atom is -0.435 e. The lowest BCUT2D eigenvalue weighted by Crippen LogP contribution is -1.99. The average Bonchev–Trinajstić information content (AvgIpc) is 2.87. The van der Waals surface area contributed by atoms with Crippen molar-refractivity contribution in [2.75, 3.05) is 5.73 Å². The van der Waals surface area contributed by atoms with E-state index in [9.17, 15) is 0 Å². The summed E-state index contributed by atoms with van der Waals surface area (Å²) in [4.78, 5) is 14.8. The fourth-order valence-corrected chi connectivity index (χ4v) is 1.65. The van der Waals surface area contributed by atoms with Gasteiger partial charge in [0.1, 0.15) is 17.3 Å². The molecule has 0 amide bonds. The van der Waals surface area contributed by atoms with Gasteiger partial charge in [-0.05, 0) is 12.1 Å². The van der Waals surface area contributed by atoms with E-state index >= 15 is 0 Å². The SMILES string of the molecule is N#Cc1ccccc1Oc1nc(N)nc2nc[nH]c12. The van der Waals surface area contributed by atoms with Crippen LogP contribution < -0.4 is 10.5 Å². The van der Waals surface area contributed by atoms with Gasteiger partial charge in [-0.3, -0.25) is 0 Å². The molecule has 0 radical (unpaired) electrons. The zero-order valence-corrected chi connectivity index (χ0v) is 9.66. The minimum atomic E-state index is 0.0593. The number of rotatable bonds is 2. The number of hydrogen-bond acceptors (Lipinski definition) is 6. The van der Waals surface area contributed by atoms with Crippen molar-refractivity contribution >= 4 is 17.1 Å². The standard InChI is InChI=1S/C12H8N6O/c13-5-7-3-1-2-4-8(7)19-11-9-10(16-6-15-9)17-12(14)18-11/h1-4,6H,(H3,14,15,16,17,18). The van der Waals surface area contributed by atoms with Crippen LogP contribution in [0.15, 0.2) is 30.6 Å². The lowest BCUT2D eigenvalue weighted by Gasteiger charge is -2.06. The van der Waals surface area contributed by atoms with Crippen LogP contribution in [0.25, 0.3) is 11.2 Å². The number of aromatic nitrogens is 4. The number of nitrogens with one attached hydrogen (secondary N) is 1. The van der Waals surface area contributed by atoms with Crippen molar-refractivity contribution in [3.8, 4) is 17.7 Å². The summed E-state index contributed by atoms with van der Waals surface area (Å²) in [6, 6.07) is 8.91. The molecular formula is C12H8N6O. The first-order valence-electron chi connectivity index (χ1n) is 5.41. The van der Waals surface area contributed by atoms with Gasteiger partial charge in [0.15, 0.2) is 5.65 Å². The predicted molar refractivity (Wildman–Crippen MR) is 67.3 cm³/mol. The van der Waals surface area contributed by atoms with E-state index in [1.54, 1.807) is 24.3 Å². The summed E-state index contributed by atoms with van der Waals surface area (Å²) in [6.07, 6.45) is 1.47. The van der Waals surface area contributed by atoms with Crippen molar-refractivity contribution in [3.63, 3.8) is 0 Å². The van der Waals surface area contributed by atoms with Crippen LogP contribution in [0.2, 0.25) is 0 Å². The molecular weight excluding hydrogens is 244 g/mol. The number of fused-ring (bicyclic) bond motifs is 1. The summed E-state index contributed by atoms with van der Waals surface area (Å²) in [5, 5.41) is 9.02. The number of hydrogen-bond donors (Lipinski definition) is 2. The second-order valence-electron chi connectivity index (χ2n) is 3.70. The molecule has 0 bridgehead atoms. The molecule has 92 valence electrons. The largest absolute Gasteiger partial charge is 0.435 e. The molecule has 0 saturated carbocycles. The Morgan fingerprint density at radius 3 is 2.95 bits per heavy atom. The summed E-state index contributed by atoms with van der Waals surface area (Å²) in [7, 11) is 0. The third-order valence-electron chi connectivity index (χ3n) is 2.48. The second-order valence-corrected chi connectivity index (χ2v) is 3.70. The van der Waals surface area contributed by atoms with Gasteiger partial charge in [0.05, 0.1) is 11.9 Å². The Hall–Kier alpha value is -3.14. The Balaban J connectivity index is 2.11. The number of ether oxygens (including phenoxy) is 1. The number of H-pyrrole nitrogens is 1. The average molecular weight is 252 g/mol. The van der Waals surface area contributed by atoms with Gasteiger partial charge in [0.25, 0.3) is 5.88 Å². The fraction of sp³-hybridized carbons (Fsp3) is 0. The van der Waals surface area contributed by atoms with Crippen LogP contribution in [0.3, 0.4) is 0 Å². The maximum absolute atomic E-state index is 9.02. The van der Waals surface area contributed by atoms with E-state index in [1.807, 2.05) is 6.07 Å². The Labute approximate surface area is 107 Å². The first-order valence-corrected chi connectivity index (χ1v) is 5.41. The number of imidazole rings is 1. The Morgan fingerprint density at radius 1 is 1.26 bits per heavy atom. The van der Waals surface area contributed by atoms with Crippen LogP contribution in [0.5, 0.6) is 11.6 Å². The highest BCUT2D eigenvalue weighted by Crippen LogP contribution is 2.27. The third kappa shape index (κ3) is 1.91. The van der Waals surface area contributed by atoms with Crippen LogP contribution in [0.4, 0.5) is 5.95 Å². The number of nitriles is 1. The molecule has 7 heteroatoms. The highest BCUT2D eigenvalue weighted by Gasteiger charge is 2.12. The van der Waals surface area contributed by atoms with Crippen molar-refractivity contribution in [1.29, 1.82) is 5.26 Å². The smallest absolute Gasteiger partial charge is 0.250 e. The summed E-state index contributed by atoms with van der Waals surface area (Å²) >= 11 is 0. The van der Waals surface area contributed by atoms with Crippen LogP contribution in [0.1, 0.15) is 5.56 Å². The van der Waals surface area contributed by atoms with Crippen molar-refractivity contribution in [1.82, 2.24) is 19.9 Å². The molecule has 0 fully saturated rings. The number of para-hydroxylation sites is 1. The summed E-state index contributed by atoms with van der Waals surface area (Å²) in [5.74, 6) is 0.700. The topological polar surface area (TPSA) is 114 Å². The molecule has 2 aromatic heterocycles. The number of nitrogens with two attached hydrogens (primary N) is 1. The van der Waals surface area contributed by atoms with Gasteiger partial charge in [-0.2, -0.15) is 15.2 Å². The quantitative estimate of drug-likeness (QED) is 0.716. The molecule has 0 spiro atoms. The maximum Gasteiger partial charge on any atom is 0.250 e. The van der Waals surface area contributed by atoms with E-state index in [-0.39, 0.29) is 11.8 Å². The van der Waals surface area contributed by atoms with Crippen molar-refractivity contribution < 1.29 is 4.74 Å². The summed E-state index contributed by atoms with van der Waals surface area (Å²) < 4.78 is 5.63. The Kier molecular flexibility index (Phi) is 2.47. The molecule has 3 aromatic rings. The fourth-order valence-electron chi connectivity index (χ4n) is 1.65. The molecule has 1 aromatic carbocycles. The van der Waals surface area contributed by atoms with Gasteiger partial charge < -0.3 is 15.5 Å². The molecule has 19 heavy (non-hydrogen) atoms. The van der Waals surface area contributed by atoms with Crippen LogP contribution in [0, 0.1) is 11.3 Å². The number of benzene rings is 1. The van der Waals surface area contributed by atoms with E-state index < -0.39 is 0 Å². The van der Waals surface area contributed by atoms with Gasteiger partial charge in [0.2, 0.25) is 5.95 Å². The van der Waals surface area contributed by atoms with E-state index in [4.69, 9.17) is 15.7 Å². The molecule has 0 aliphatic carbocycles. The third-order valence-corrected chi connectivity index (χ3v) is 2.48. The highest BCUT2D eigenvalue weighted by atomic mass is 16.5. The normalized spacial score (nSPS) is 10.3. The molecule has 0 aliphatic rings. The zero-order chi connectivity index (χ0) is 13.2. The molecule has 3 rings (SSSR count). The Bertz CT molecular complexity index is 788. The first kappa shape index (κ1) is 11.0. The number of nitrogens with zero attached hydrogens (tertiary/aromatic N) is 4. The molecule has 0 atom stereocenters. The summed E-state index contributed by atoms with van der Waals surface area (Å²) in [6.45, 7) is 0. The monoisotopic (exact) mass is 252 g/mol. The lowest BCUT2D eigenvalue weighted by molar-refractivity contribution is 0.466. The van der Waals surface area contributed by atoms with E-state index in [2.05, 4.69) is 19.9 Å². The molecule has 3 N–H and O–H groups in total. The molecule has 0 aliphatic heterocycles. The lowest BCUT2D eigenvalue weighted by atomic mass is 10.2. The number of aromatic amines is 1. The van der Waals surface area contributed by atoms with Gasteiger partial charge in [-0.15, -0.1) is 0 Å². The van der Waals surface area contributed by atoms with E-state index in [0.717, 1.165) is 0 Å². The minimum absolute atomic E-state index is 0.0593. The van der Waals surface area contributed by atoms with Gasteiger partial charge in [-0.1, -0.05) is 12.1 Å². The van der Waals surface area contributed by atoms with Crippen molar-refractivity contribution in [3.05, 3.63) is 36.2 Å². The predicted octanol–water partition coefficient (Wildman–Crippen LogP) is 1.60. The molecule has 0 unspecified atom stereocenters. The first-order chi connectivity index (χ1) is 9.28. The number of nitrogen functional groups attached to an aromatic ring is 1. The van der Waals surface area contributed by atoms with Gasteiger partial charge >= 0.3 is 0 Å². The van der Waals surface area contributed by atoms with Crippen LogP contribution >= 0.6 is 0 Å². The van der Waals surface area contributed by atoms with Crippen LogP contribution in [-0.2, 0) is 0 Å².